The Bertz CT molecular complexity index is 826. The SMILES string of the molecule is NC(=O)c1cc(-c2ccccc2F)cc2c(Br)c[nH]c12. The Labute approximate surface area is 122 Å². The second kappa shape index (κ2) is 4.76. The zero-order valence-corrected chi connectivity index (χ0v) is 11.9. The first kappa shape index (κ1) is 12.9. The van der Waals surface area contributed by atoms with E-state index in [4.69, 9.17) is 5.73 Å². The zero-order chi connectivity index (χ0) is 14.3. The third-order valence-electron chi connectivity index (χ3n) is 3.19. The van der Waals surface area contributed by atoms with Crippen LogP contribution >= 0.6 is 15.9 Å². The molecule has 0 bridgehead atoms. The molecule has 0 aliphatic carbocycles. The van der Waals surface area contributed by atoms with Crippen LogP contribution in [0.15, 0.2) is 47.1 Å². The molecule has 0 saturated carbocycles. The van der Waals surface area contributed by atoms with Crippen molar-refractivity contribution in [3.63, 3.8) is 0 Å². The predicted molar refractivity (Wildman–Crippen MR) is 79.9 cm³/mol. The fourth-order valence-corrected chi connectivity index (χ4v) is 2.67. The zero-order valence-electron chi connectivity index (χ0n) is 10.3. The van der Waals surface area contributed by atoms with E-state index < -0.39 is 5.91 Å². The Morgan fingerprint density at radius 1 is 1.25 bits per heavy atom. The topological polar surface area (TPSA) is 58.9 Å². The molecule has 0 spiro atoms. The van der Waals surface area contributed by atoms with Gasteiger partial charge in [0, 0.05) is 21.6 Å². The summed E-state index contributed by atoms with van der Waals surface area (Å²) in [5.74, 6) is -0.892. The maximum atomic E-state index is 13.9. The van der Waals surface area contributed by atoms with Crippen LogP contribution in [0.3, 0.4) is 0 Å². The van der Waals surface area contributed by atoms with E-state index in [1.807, 2.05) is 6.07 Å². The maximum Gasteiger partial charge on any atom is 0.250 e. The molecule has 3 N–H and O–H groups in total. The molecule has 20 heavy (non-hydrogen) atoms. The minimum atomic E-state index is -0.553. The summed E-state index contributed by atoms with van der Waals surface area (Å²) in [6.45, 7) is 0. The van der Waals surface area contributed by atoms with Crippen LogP contribution in [0, 0.1) is 5.82 Å². The van der Waals surface area contributed by atoms with Crippen LogP contribution in [0.4, 0.5) is 4.39 Å². The molecule has 0 aliphatic heterocycles. The number of fused-ring (bicyclic) bond motifs is 1. The fourth-order valence-electron chi connectivity index (χ4n) is 2.24. The summed E-state index contributed by atoms with van der Waals surface area (Å²) in [5.41, 5.74) is 7.44. The van der Waals surface area contributed by atoms with Crippen LogP contribution in [0.1, 0.15) is 10.4 Å². The summed E-state index contributed by atoms with van der Waals surface area (Å²) in [4.78, 5) is 14.6. The quantitative estimate of drug-likeness (QED) is 0.736. The lowest BCUT2D eigenvalue weighted by Gasteiger charge is -2.07. The Morgan fingerprint density at radius 3 is 2.70 bits per heavy atom. The number of nitrogens with two attached hydrogens (primary N) is 1. The highest BCUT2D eigenvalue weighted by molar-refractivity contribution is 9.10. The lowest BCUT2D eigenvalue weighted by Crippen LogP contribution is -2.11. The Morgan fingerprint density at radius 2 is 2.00 bits per heavy atom. The third-order valence-corrected chi connectivity index (χ3v) is 3.85. The Hall–Kier alpha value is -2.14. The highest BCUT2D eigenvalue weighted by Gasteiger charge is 2.14. The molecule has 3 rings (SSSR count). The molecule has 3 aromatic rings. The average molecular weight is 333 g/mol. The minimum Gasteiger partial charge on any atom is -0.366 e. The van der Waals surface area contributed by atoms with Gasteiger partial charge in [-0.05, 0) is 39.7 Å². The summed E-state index contributed by atoms with van der Waals surface area (Å²) in [6, 6.07) is 9.85. The summed E-state index contributed by atoms with van der Waals surface area (Å²) in [6.07, 6.45) is 1.72. The van der Waals surface area contributed by atoms with Crippen molar-refractivity contribution in [2.45, 2.75) is 0 Å². The highest BCUT2D eigenvalue weighted by atomic mass is 79.9. The van der Waals surface area contributed by atoms with Crippen molar-refractivity contribution >= 4 is 32.7 Å². The van der Waals surface area contributed by atoms with Gasteiger partial charge >= 0.3 is 0 Å². The number of rotatable bonds is 2. The predicted octanol–water partition coefficient (Wildman–Crippen LogP) is 3.84. The molecule has 5 heteroatoms. The molecule has 2 aromatic carbocycles. The van der Waals surface area contributed by atoms with E-state index in [0.29, 0.717) is 22.2 Å². The lowest BCUT2D eigenvalue weighted by molar-refractivity contribution is 0.100. The molecule has 0 aliphatic rings. The number of hydrogen-bond donors (Lipinski definition) is 2. The molecule has 1 heterocycles. The maximum absolute atomic E-state index is 13.9. The van der Waals surface area contributed by atoms with Gasteiger partial charge in [-0.2, -0.15) is 0 Å². The van der Waals surface area contributed by atoms with Gasteiger partial charge in [0.25, 0.3) is 5.91 Å². The Kier molecular flexibility index (Phi) is 3.06. The molecule has 1 aromatic heterocycles. The number of hydrogen-bond acceptors (Lipinski definition) is 1. The number of primary amides is 1. The minimum absolute atomic E-state index is 0.339. The largest absolute Gasteiger partial charge is 0.366 e. The smallest absolute Gasteiger partial charge is 0.250 e. The van der Waals surface area contributed by atoms with Gasteiger partial charge in [0.2, 0.25) is 0 Å². The lowest BCUT2D eigenvalue weighted by atomic mass is 10.00. The van der Waals surface area contributed by atoms with E-state index in [9.17, 15) is 9.18 Å². The van der Waals surface area contributed by atoms with E-state index in [-0.39, 0.29) is 5.82 Å². The number of aromatic amines is 1. The first-order valence-corrected chi connectivity index (χ1v) is 6.72. The van der Waals surface area contributed by atoms with Crippen molar-refractivity contribution < 1.29 is 9.18 Å². The van der Waals surface area contributed by atoms with Gasteiger partial charge in [0.05, 0.1) is 11.1 Å². The van der Waals surface area contributed by atoms with Crippen LogP contribution in [0.25, 0.3) is 22.0 Å². The van der Waals surface area contributed by atoms with Gasteiger partial charge in [-0.25, -0.2) is 4.39 Å². The molecule has 100 valence electrons. The number of H-pyrrole nitrogens is 1. The number of benzene rings is 2. The van der Waals surface area contributed by atoms with E-state index in [0.717, 1.165) is 9.86 Å². The van der Waals surface area contributed by atoms with Crippen LogP contribution in [0.5, 0.6) is 0 Å². The van der Waals surface area contributed by atoms with E-state index >= 15 is 0 Å². The van der Waals surface area contributed by atoms with Gasteiger partial charge in [0.15, 0.2) is 0 Å². The monoisotopic (exact) mass is 332 g/mol. The van der Waals surface area contributed by atoms with Crippen molar-refractivity contribution in [1.82, 2.24) is 4.98 Å². The number of aromatic nitrogens is 1. The van der Waals surface area contributed by atoms with Crippen molar-refractivity contribution in [2.75, 3.05) is 0 Å². The van der Waals surface area contributed by atoms with Crippen LogP contribution in [0.2, 0.25) is 0 Å². The number of amides is 1. The summed E-state index contributed by atoms with van der Waals surface area (Å²) in [5, 5.41) is 0.791. The molecule has 0 unspecified atom stereocenters. The first-order valence-electron chi connectivity index (χ1n) is 5.93. The second-order valence-corrected chi connectivity index (χ2v) is 5.28. The molecular weight excluding hydrogens is 323 g/mol. The fraction of sp³-hybridized carbons (Fsp3) is 0. The van der Waals surface area contributed by atoms with Gasteiger partial charge in [-0.1, -0.05) is 18.2 Å². The third kappa shape index (κ3) is 2.00. The van der Waals surface area contributed by atoms with Crippen molar-refractivity contribution in [3.8, 4) is 11.1 Å². The summed E-state index contributed by atoms with van der Waals surface area (Å²) in [7, 11) is 0. The van der Waals surface area contributed by atoms with E-state index in [1.54, 1.807) is 30.5 Å². The average Bonchev–Trinajstić information content (AvgIpc) is 2.80. The van der Waals surface area contributed by atoms with Gasteiger partial charge < -0.3 is 10.7 Å². The second-order valence-electron chi connectivity index (χ2n) is 4.43. The number of carbonyl (C=O) groups is 1. The number of halogens is 2. The van der Waals surface area contributed by atoms with Crippen LogP contribution in [-0.2, 0) is 0 Å². The van der Waals surface area contributed by atoms with Crippen molar-refractivity contribution in [1.29, 1.82) is 0 Å². The molecule has 3 nitrogen and oxygen atoms in total. The molecule has 0 saturated heterocycles. The molecular formula is C15H10BrFN2O. The first-order chi connectivity index (χ1) is 9.58. The standard InChI is InChI=1S/C15H10BrFN2O/c16-12-7-19-14-10(12)5-8(6-11(14)15(18)20)9-3-1-2-4-13(9)17/h1-7,19H,(H2,18,20). The van der Waals surface area contributed by atoms with Crippen molar-refractivity contribution in [2.24, 2.45) is 5.73 Å². The number of nitrogens with one attached hydrogen (secondary N) is 1. The summed E-state index contributed by atoms with van der Waals surface area (Å²) >= 11 is 3.40. The van der Waals surface area contributed by atoms with Crippen molar-refractivity contribution in [3.05, 3.63) is 58.4 Å². The van der Waals surface area contributed by atoms with E-state index in [1.165, 1.54) is 6.07 Å². The van der Waals surface area contributed by atoms with Gasteiger partial charge in [-0.3, -0.25) is 4.79 Å². The molecule has 0 radical (unpaired) electrons. The van der Waals surface area contributed by atoms with Gasteiger partial charge in [-0.15, -0.1) is 0 Å². The van der Waals surface area contributed by atoms with Gasteiger partial charge in [0.1, 0.15) is 5.82 Å². The molecule has 1 amide bonds. The Balaban J connectivity index is 2.35. The number of carbonyl (C=O) groups excluding carboxylic acids is 1. The highest BCUT2D eigenvalue weighted by Crippen LogP contribution is 2.32. The van der Waals surface area contributed by atoms with Crippen LogP contribution in [-0.4, -0.2) is 10.9 Å². The normalized spacial score (nSPS) is 10.9. The molecule has 0 atom stereocenters. The molecule has 0 fully saturated rings. The summed E-state index contributed by atoms with van der Waals surface area (Å²) < 4.78 is 14.7. The van der Waals surface area contributed by atoms with E-state index in [2.05, 4.69) is 20.9 Å². The van der Waals surface area contributed by atoms with Crippen LogP contribution < -0.4 is 5.73 Å².